The zero-order valence-corrected chi connectivity index (χ0v) is 14.1. The number of hydrogen-bond donors (Lipinski definition) is 1. The standard InChI is InChI=1S/C15H19FN2OS2/c1-10(18-21(19)15(2,3)4)14-17-9-13(20-14)11-7-5-6-8-12(11)16/h5-10,18H,1-4H3/t10-,21?/m1/s1. The van der Waals surface area contributed by atoms with Crippen LogP contribution >= 0.6 is 11.3 Å². The number of rotatable bonds is 4. The molecule has 114 valence electrons. The monoisotopic (exact) mass is 326 g/mol. The molecule has 1 heterocycles. The van der Waals surface area contributed by atoms with E-state index in [0.29, 0.717) is 5.56 Å². The second kappa shape index (κ2) is 6.34. The fourth-order valence-corrected chi connectivity index (χ4v) is 3.47. The minimum absolute atomic E-state index is 0.143. The quantitative estimate of drug-likeness (QED) is 0.920. The van der Waals surface area contributed by atoms with Gasteiger partial charge in [-0.3, -0.25) is 0 Å². The molecule has 2 aromatic rings. The molecule has 21 heavy (non-hydrogen) atoms. The van der Waals surface area contributed by atoms with Gasteiger partial charge in [-0.1, -0.05) is 18.2 Å². The zero-order valence-electron chi connectivity index (χ0n) is 12.5. The molecule has 0 fully saturated rings. The van der Waals surface area contributed by atoms with Crippen LogP contribution in [-0.2, 0) is 11.0 Å². The second-order valence-corrected chi connectivity index (χ2v) is 8.82. The first-order valence-corrected chi connectivity index (χ1v) is 8.64. The zero-order chi connectivity index (χ0) is 15.6. The molecule has 1 aromatic carbocycles. The summed E-state index contributed by atoms with van der Waals surface area (Å²) in [7, 11) is -1.16. The first-order chi connectivity index (χ1) is 9.79. The van der Waals surface area contributed by atoms with Crippen LogP contribution in [0.3, 0.4) is 0 Å². The number of hydrogen-bond acceptors (Lipinski definition) is 3. The van der Waals surface area contributed by atoms with Crippen molar-refractivity contribution in [2.45, 2.75) is 38.5 Å². The van der Waals surface area contributed by atoms with Crippen molar-refractivity contribution < 1.29 is 8.60 Å². The number of nitrogens with one attached hydrogen (secondary N) is 1. The lowest BCUT2D eigenvalue weighted by Crippen LogP contribution is -2.34. The van der Waals surface area contributed by atoms with Crippen LogP contribution in [-0.4, -0.2) is 13.9 Å². The number of thiazole rings is 1. The Hall–Kier alpha value is -1.11. The van der Waals surface area contributed by atoms with Crippen molar-refractivity contribution in [3.63, 3.8) is 0 Å². The normalized spacial score (nSPS) is 14.9. The van der Waals surface area contributed by atoms with Crippen LogP contribution in [0.1, 0.15) is 38.7 Å². The van der Waals surface area contributed by atoms with Crippen LogP contribution in [0.25, 0.3) is 10.4 Å². The van der Waals surface area contributed by atoms with E-state index >= 15 is 0 Å². The van der Waals surface area contributed by atoms with Gasteiger partial charge in [0.15, 0.2) is 0 Å². The van der Waals surface area contributed by atoms with E-state index in [1.54, 1.807) is 24.4 Å². The van der Waals surface area contributed by atoms with Crippen LogP contribution in [0.15, 0.2) is 30.5 Å². The van der Waals surface area contributed by atoms with E-state index in [9.17, 15) is 8.60 Å². The van der Waals surface area contributed by atoms with Crippen LogP contribution in [0.4, 0.5) is 4.39 Å². The van der Waals surface area contributed by atoms with E-state index in [2.05, 4.69) is 9.71 Å². The SMILES string of the molecule is C[C@@H](NS(=O)C(C)(C)C)c1ncc(-c2ccccc2F)s1. The summed E-state index contributed by atoms with van der Waals surface area (Å²) >= 11 is 1.41. The Morgan fingerprint density at radius 3 is 2.62 bits per heavy atom. The lowest BCUT2D eigenvalue weighted by Gasteiger charge is -2.20. The summed E-state index contributed by atoms with van der Waals surface area (Å²) in [5.74, 6) is -0.258. The first kappa shape index (κ1) is 16.3. The van der Waals surface area contributed by atoms with Crippen LogP contribution < -0.4 is 4.72 Å². The summed E-state index contributed by atoms with van der Waals surface area (Å²) in [5, 5.41) is 0.797. The summed E-state index contributed by atoms with van der Waals surface area (Å²) in [5.41, 5.74) is 0.547. The average molecular weight is 326 g/mol. The van der Waals surface area contributed by atoms with Crippen LogP contribution in [0.2, 0.25) is 0 Å². The van der Waals surface area contributed by atoms with Gasteiger partial charge >= 0.3 is 0 Å². The van der Waals surface area contributed by atoms with Crippen molar-refractivity contribution in [3.8, 4) is 10.4 Å². The molecule has 0 saturated heterocycles. The lowest BCUT2D eigenvalue weighted by molar-refractivity contribution is 0.615. The molecule has 3 nitrogen and oxygen atoms in total. The van der Waals surface area contributed by atoms with Gasteiger partial charge in [0.05, 0.1) is 26.7 Å². The maximum absolute atomic E-state index is 13.8. The predicted octanol–water partition coefficient (Wildman–Crippen LogP) is 4.06. The van der Waals surface area contributed by atoms with Gasteiger partial charge in [-0.05, 0) is 33.8 Å². The summed E-state index contributed by atoms with van der Waals surface area (Å²) < 4.78 is 28.6. The van der Waals surface area contributed by atoms with Gasteiger partial charge in [0.1, 0.15) is 10.8 Å². The van der Waals surface area contributed by atoms with Crippen molar-refractivity contribution in [3.05, 3.63) is 41.3 Å². The fraction of sp³-hybridized carbons (Fsp3) is 0.400. The van der Waals surface area contributed by atoms with E-state index in [0.717, 1.165) is 9.88 Å². The van der Waals surface area contributed by atoms with Crippen LogP contribution in [0.5, 0.6) is 0 Å². The van der Waals surface area contributed by atoms with E-state index in [4.69, 9.17) is 0 Å². The molecule has 0 aliphatic heterocycles. The summed E-state index contributed by atoms with van der Waals surface area (Å²) in [6, 6.07) is 6.49. The van der Waals surface area contributed by atoms with Gasteiger partial charge in [0, 0.05) is 11.8 Å². The van der Waals surface area contributed by atoms with Gasteiger partial charge < -0.3 is 0 Å². The molecule has 1 unspecified atom stereocenters. The van der Waals surface area contributed by atoms with Crippen molar-refractivity contribution in [2.75, 3.05) is 0 Å². The molecule has 0 radical (unpaired) electrons. The molecule has 6 heteroatoms. The predicted molar refractivity (Wildman–Crippen MR) is 87.0 cm³/mol. The summed E-state index contributed by atoms with van der Waals surface area (Å²) in [6.45, 7) is 7.65. The lowest BCUT2D eigenvalue weighted by atomic mass is 10.2. The minimum atomic E-state index is -1.16. The maximum atomic E-state index is 13.8. The smallest absolute Gasteiger partial charge is 0.131 e. The third kappa shape index (κ3) is 3.96. The Morgan fingerprint density at radius 2 is 2.00 bits per heavy atom. The maximum Gasteiger partial charge on any atom is 0.131 e. The van der Waals surface area contributed by atoms with Gasteiger partial charge in [0.25, 0.3) is 0 Å². The summed E-state index contributed by atoms with van der Waals surface area (Å²) in [4.78, 5) is 5.10. The molecule has 2 atom stereocenters. The first-order valence-electron chi connectivity index (χ1n) is 6.67. The number of benzene rings is 1. The van der Waals surface area contributed by atoms with Gasteiger partial charge in [0.2, 0.25) is 0 Å². The molecule has 1 aromatic heterocycles. The van der Waals surface area contributed by atoms with Crippen molar-refractivity contribution in [1.29, 1.82) is 0 Å². The van der Waals surface area contributed by atoms with Crippen molar-refractivity contribution in [2.24, 2.45) is 0 Å². The molecule has 2 rings (SSSR count). The van der Waals surface area contributed by atoms with E-state index in [-0.39, 0.29) is 16.6 Å². The van der Waals surface area contributed by atoms with Gasteiger partial charge in [-0.25, -0.2) is 18.3 Å². The average Bonchev–Trinajstić information content (AvgIpc) is 2.87. The number of nitrogens with zero attached hydrogens (tertiary/aromatic N) is 1. The van der Waals surface area contributed by atoms with E-state index in [1.165, 1.54) is 17.4 Å². The largest absolute Gasteiger partial charge is 0.247 e. The highest BCUT2D eigenvalue weighted by atomic mass is 32.2. The molecule has 1 N–H and O–H groups in total. The minimum Gasteiger partial charge on any atom is -0.247 e. The molecule has 0 aliphatic carbocycles. The molecular weight excluding hydrogens is 307 g/mol. The Balaban J connectivity index is 2.17. The molecule has 0 saturated carbocycles. The number of aromatic nitrogens is 1. The Kier molecular flexibility index (Phi) is 4.91. The second-order valence-electron chi connectivity index (χ2n) is 5.76. The van der Waals surface area contributed by atoms with Crippen molar-refractivity contribution in [1.82, 2.24) is 9.71 Å². The third-order valence-corrected chi connectivity index (χ3v) is 5.77. The summed E-state index contributed by atoms with van der Waals surface area (Å²) in [6.07, 6.45) is 1.66. The molecule has 0 bridgehead atoms. The molecular formula is C15H19FN2OS2. The fourth-order valence-electron chi connectivity index (χ4n) is 1.66. The molecule has 0 amide bonds. The van der Waals surface area contributed by atoms with E-state index < -0.39 is 11.0 Å². The Morgan fingerprint density at radius 1 is 1.33 bits per heavy atom. The third-order valence-electron chi connectivity index (χ3n) is 2.87. The highest BCUT2D eigenvalue weighted by Crippen LogP contribution is 2.31. The Bertz CT molecular complexity index is 649. The van der Waals surface area contributed by atoms with Crippen molar-refractivity contribution >= 4 is 22.3 Å². The topological polar surface area (TPSA) is 42.0 Å². The Labute approximate surface area is 131 Å². The van der Waals surface area contributed by atoms with E-state index in [1.807, 2.05) is 27.7 Å². The highest BCUT2D eigenvalue weighted by molar-refractivity contribution is 7.84. The number of halogens is 1. The molecule has 0 aliphatic rings. The van der Waals surface area contributed by atoms with Gasteiger partial charge in [-0.2, -0.15) is 0 Å². The van der Waals surface area contributed by atoms with Crippen LogP contribution in [0, 0.1) is 5.82 Å². The molecule has 0 spiro atoms. The highest BCUT2D eigenvalue weighted by Gasteiger charge is 2.23. The van der Waals surface area contributed by atoms with Gasteiger partial charge in [-0.15, -0.1) is 11.3 Å².